The molecule has 16 heavy (non-hydrogen) atoms. The Morgan fingerprint density at radius 3 is 3.00 bits per heavy atom. The summed E-state index contributed by atoms with van der Waals surface area (Å²) in [6.45, 7) is 4.78. The summed E-state index contributed by atoms with van der Waals surface area (Å²) in [7, 11) is 0. The van der Waals surface area contributed by atoms with E-state index in [1.807, 2.05) is 12.1 Å². The number of likely N-dealkylation sites (tertiary alicyclic amines) is 1. The van der Waals surface area contributed by atoms with Gasteiger partial charge in [-0.05, 0) is 50.4 Å². The molecule has 1 aliphatic rings. The Kier molecular flexibility index (Phi) is 3.83. The van der Waals surface area contributed by atoms with E-state index in [4.69, 9.17) is 5.73 Å². The van der Waals surface area contributed by atoms with Crippen LogP contribution in [0.5, 0.6) is 0 Å². The maximum atomic E-state index is 5.78. The zero-order valence-electron chi connectivity index (χ0n) is 10.2. The van der Waals surface area contributed by atoms with E-state index in [9.17, 15) is 0 Å². The molecule has 0 amide bonds. The van der Waals surface area contributed by atoms with Crippen molar-refractivity contribution in [2.75, 3.05) is 18.8 Å². The predicted molar refractivity (Wildman–Crippen MR) is 69.4 cm³/mol. The van der Waals surface area contributed by atoms with Gasteiger partial charge in [0.1, 0.15) is 0 Å². The Morgan fingerprint density at radius 2 is 2.25 bits per heavy atom. The Balaban J connectivity index is 1.86. The lowest BCUT2D eigenvalue weighted by Crippen LogP contribution is -2.38. The molecule has 0 aliphatic carbocycles. The molecule has 2 rings (SSSR count). The van der Waals surface area contributed by atoms with Crippen LogP contribution in [0, 0.1) is 0 Å². The zero-order valence-corrected chi connectivity index (χ0v) is 10.2. The van der Waals surface area contributed by atoms with E-state index >= 15 is 0 Å². The number of rotatable bonds is 3. The lowest BCUT2D eigenvalue weighted by molar-refractivity contribution is 0.163. The minimum absolute atomic E-state index is 0.759. The standard InChI is InChI=1S/C14H22N2/c1-12-5-2-3-9-16(12)10-8-13-6-4-7-14(15)11-13/h4,6-7,11-12H,2-3,5,8-10,15H2,1H3. The van der Waals surface area contributed by atoms with Gasteiger partial charge in [-0.15, -0.1) is 0 Å². The van der Waals surface area contributed by atoms with Crippen LogP contribution in [0.4, 0.5) is 5.69 Å². The summed E-state index contributed by atoms with van der Waals surface area (Å²) in [5.74, 6) is 0. The monoisotopic (exact) mass is 218 g/mol. The fourth-order valence-corrected chi connectivity index (χ4v) is 2.51. The second-order valence-electron chi connectivity index (χ2n) is 4.88. The first-order chi connectivity index (χ1) is 7.75. The molecule has 1 unspecified atom stereocenters. The summed E-state index contributed by atoms with van der Waals surface area (Å²) in [5, 5.41) is 0. The summed E-state index contributed by atoms with van der Waals surface area (Å²) in [5.41, 5.74) is 8.02. The maximum Gasteiger partial charge on any atom is 0.0316 e. The van der Waals surface area contributed by atoms with E-state index < -0.39 is 0 Å². The molecule has 1 aromatic carbocycles. The highest BCUT2D eigenvalue weighted by atomic mass is 15.1. The number of benzene rings is 1. The average Bonchev–Trinajstić information content (AvgIpc) is 2.28. The second kappa shape index (κ2) is 5.35. The van der Waals surface area contributed by atoms with Crippen LogP contribution in [-0.4, -0.2) is 24.0 Å². The highest BCUT2D eigenvalue weighted by molar-refractivity contribution is 5.40. The second-order valence-corrected chi connectivity index (χ2v) is 4.88. The van der Waals surface area contributed by atoms with E-state index in [0.717, 1.165) is 18.2 Å². The number of hydrogen-bond donors (Lipinski definition) is 1. The van der Waals surface area contributed by atoms with Gasteiger partial charge in [0.25, 0.3) is 0 Å². The van der Waals surface area contributed by atoms with Gasteiger partial charge >= 0.3 is 0 Å². The van der Waals surface area contributed by atoms with Crippen molar-refractivity contribution in [1.82, 2.24) is 4.90 Å². The van der Waals surface area contributed by atoms with Crippen LogP contribution in [0.3, 0.4) is 0 Å². The molecule has 2 N–H and O–H groups in total. The van der Waals surface area contributed by atoms with Crippen LogP contribution in [0.25, 0.3) is 0 Å². The molecular weight excluding hydrogens is 196 g/mol. The van der Waals surface area contributed by atoms with Crippen LogP contribution in [0.2, 0.25) is 0 Å². The van der Waals surface area contributed by atoms with Crippen molar-refractivity contribution in [3.05, 3.63) is 29.8 Å². The highest BCUT2D eigenvalue weighted by Crippen LogP contribution is 2.17. The molecule has 1 atom stereocenters. The summed E-state index contributed by atoms with van der Waals surface area (Å²) >= 11 is 0. The summed E-state index contributed by atoms with van der Waals surface area (Å²) < 4.78 is 0. The van der Waals surface area contributed by atoms with Gasteiger partial charge in [-0.25, -0.2) is 0 Å². The van der Waals surface area contributed by atoms with E-state index in [0.29, 0.717) is 0 Å². The molecule has 88 valence electrons. The van der Waals surface area contributed by atoms with E-state index in [1.54, 1.807) is 0 Å². The molecule has 1 heterocycles. The van der Waals surface area contributed by atoms with Gasteiger partial charge in [-0.3, -0.25) is 0 Å². The molecule has 1 saturated heterocycles. The normalized spacial score (nSPS) is 22.2. The summed E-state index contributed by atoms with van der Waals surface area (Å²) in [6, 6.07) is 9.02. The first kappa shape index (κ1) is 11.5. The van der Waals surface area contributed by atoms with Crippen molar-refractivity contribution >= 4 is 5.69 Å². The quantitative estimate of drug-likeness (QED) is 0.790. The lowest BCUT2D eigenvalue weighted by Gasteiger charge is -2.33. The van der Waals surface area contributed by atoms with Crippen molar-refractivity contribution in [2.45, 2.75) is 38.6 Å². The molecule has 1 aromatic rings. The lowest BCUT2D eigenvalue weighted by atomic mass is 10.0. The SMILES string of the molecule is CC1CCCCN1CCc1cccc(N)c1. The van der Waals surface area contributed by atoms with Crippen LogP contribution in [0.15, 0.2) is 24.3 Å². The van der Waals surface area contributed by atoms with Gasteiger partial charge in [0.15, 0.2) is 0 Å². The Labute approximate surface area is 98.4 Å². The van der Waals surface area contributed by atoms with Gasteiger partial charge in [0, 0.05) is 18.3 Å². The third kappa shape index (κ3) is 2.99. The smallest absolute Gasteiger partial charge is 0.0316 e. The van der Waals surface area contributed by atoms with Gasteiger partial charge < -0.3 is 10.6 Å². The topological polar surface area (TPSA) is 29.3 Å². The first-order valence-corrected chi connectivity index (χ1v) is 6.34. The molecule has 2 heteroatoms. The minimum atomic E-state index is 0.759. The van der Waals surface area contributed by atoms with E-state index in [-0.39, 0.29) is 0 Å². The number of nitrogens with two attached hydrogens (primary N) is 1. The number of nitrogen functional groups attached to an aromatic ring is 1. The first-order valence-electron chi connectivity index (χ1n) is 6.34. The predicted octanol–water partition coefficient (Wildman–Crippen LogP) is 2.69. The zero-order chi connectivity index (χ0) is 11.4. The van der Waals surface area contributed by atoms with E-state index in [1.165, 1.54) is 37.9 Å². The van der Waals surface area contributed by atoms with Gasteiger partial charge in [0.05, 0.1) is 0 Å². The number of nitrogens with zero attached hydrogens (tertiary/aromatic N) is 1. The average molecular weight is 218 g/mol. The van der Waals surface area contributed by atoms with Crippen LogP contribution in [0.1, 0.15) is 31.7 Å². The number of hydrogen-bond acceptors (Lipinski definition) is 2. The third-order valence-corrected chi connectivity index (χ3v) is 3.58. The Hall–Kier alpha value is -1.02. The fourth-order valence-electron chi connectivity index (χ4n) is 2.51. The fraction of sp³-hybridized carbons (Fsp3) is 0.571. The molecule has 2 nitrogen and oxygen atoms in total. The minimum Gasteiger partial charge on any atom is -0.399 e. The molecule has 1 aliphatic heterocycles. The molecule has 0 aromatic heterocycles. The highest BCUT2D eigenvalue weighted by Gasteiger charge is 2.17. The molecular formula is C14H22N2. The third-order valence-electron chi connectivity index (χ3n) is 3.58. The Morgan fingerprint density at radius 1 is 1.38 bits per heavy atom. The van der Waals surface area contributed by atoms with Crippen molar-refractivity contribution in [3.63, 3.8) is 0 Å². The van der Waals surface area contributed by atoms with Crippen molar-refractivity contribution in [3.8, 4) is 0 Å². The van der Waals surface area contributed by atoms with Gasteiger partial charge in [-0.1, -0.05) is 18.6 Å². The number of piperidine rings is 1. The molecule has 1 fully saturated rings. The largest absolute Gasteiger partial charge is 0.399 e. The van der Waals surface area contributed by atoms with Crippen LogP contribution >= 0.6 is 0 Å². The number of anilines is 1. The Bertz CT molecular complexity index is 335. The van der Waals surface area contributed by atoms with E-state index in [2.05, 4.69) is 24.0 Å². The van der Waals surface area contributed by atoms with Crippen LogP contribution in [-0.2, 0) is 6.42 Å². The molecule has 0 spiro atoms. The molecule has 0 saturated carbocycles. The van der Waals surface area contributed by atoms with Crippen molar-refractivity contribution in [1.29, 1.82) is 0 Å². The molecule has 0 radical (unpaired) electrons. The van der Waals surface area contributed by atoms with Crippen molar-refractivity contribution in [2.24, 2.45) is 0 Å². The van der Waals surface area contributed by atoms with Crippen LogP contribution < -0.4 is 5.73 Å². The van der Waals surface area contributed by atoms with Gasteiger partial charge in [0.2, 0.25) is 0 Å². The summed E-state index contributed by atoms with van der Waals surface area (Å²) in [6.07, 6.45) is 5.24. The van der Waals surface area contributed by atoms with Gasteiger partial charge in [-0.2, -0.15) is 0 Å². The summed E-state index contributed by atoms with van der Waals surface area (Å²) in [4.78, 5) is 2.60. The molecule has 0 bridgehead atoms. The maximum absolute atomic E-state index is 5.78. The van der Waals surface area contributed by atoms with Crippen molar-refractivity contribution < 1.29 is 0 Å².